The maximum Gasteiger partial charge on any atom is 0.163 e. The molecule has 2 aliphatic rings. The summed E-state index contributed by atoms with van der Waals surface area (Å²) in [6.45, 7) is 5.45. The summed E-state index contributed by atoms with van der Waals surface area (Å²) < 4.78 is 11.8. The van der Waals surface area contributed by atoms with E-state index in [1.807, 2.05) is 13.1 Å². The molecule has 5 nitrogen and oxygen atoms in total. The molecule has 0 radical (unpaired) electrons. The lowest BCUT2D eigenvalue weighted by Gasteiger charge is -2.23. The van der Waals surface area contributed by atoms with Gasteiger partial charge in [-0.15, -0.1) is 0 Å². The molecule has 0 amide bonds. The van der Waals surface area contributed by atoms with Gasteiger partial charge in [0.25, 0.3) is 0 Å². The molecule has 1 unspecified atom stereocenters. The van der Waals surface area contributed by atoms with Gasteiger partial charge in [-0.05, 0) is 70.2 Å². The normalized spacial score (nSPS) is 17.9. The Balaban J connectivity index is 1.56. The van der Waals surface area contributed by atoms with Crippen molar-refractivity contribution in [1.29, 1.82) is 0 Å². The number of pyridine rings is 1. The molecule has 1 aromatic carbocycles. The van der Waals surface area contributed by atoms with Gasteiger partial charge in [0.2, 0.25) is 0 Å². The highest BCUT2D eigenvalue weighted by atomic mass is 16.5. The summed E-state index contributed by atoms with van der Waals surface area (Å²) in [5.41, 5.74) is 4.77. The molecule has 1 aliphatic heterocycles. The van der Waals surface area contributed by atoms with Crippen LogP contribution in [0.2, 0.25) is 0 Å². The first-order chi connectivity index (χ1) is 13.2. The zero-order valence-corrected chi connectivity index (χ0v) is 16.8. The van der Waals surface area contributed by atoms with E-state index in [2.05, 4.69) is 23.2 Å². The van der Waals surface area contributed by atoms with Crippen LogP contribution in [0.15, 0.2) is 12.1 Å². The summed E-state index contributed by atoms with van der Waals surface area (Å²) in [6.07, 6.45) is 7.03. The number of nitrogens with one attached hydrogen (secondary N) is 1. The fourth-order valence-corrected chi connectivity index (χ4v) is 4.53. The van der Waals surface area contributed by atoms with Crippen LogP contribution in [0.1, 0.15) is 43.9 Å². The van der Waals surface area contributed by atoms with Crippen LogP contribution in [-0.4, -0.2) is 49.8 Å². The number of nitrogens with zero attached hydrogens (tertiary/aromatic N) is 2. The third-order valence-electron chi connectivity index (χ3n) is 6.10. The molecule has 0 spiro atoms. The molecule has 4 rings (SSSR count). The van der Waals surface area contributed by atoms with Crippen molar-refractivity contribution in [1.82, 2.24) is 9.88 Å². The predicted molar refractivity (Wildman–Crippen MR) is 110 cm³/mol. The quantitative estimate of drug-likeness (QED) is 0.798. The van der Waals surface area contributed by atoms with E-state index >= 15 is 0 Å². The minimum absolute atomic E-state index is 0.566. The average Bonchev–Trinajstić information content (AvgIpc) is 3.37. The van der Waals surface area contributed by atoms with E-state index in [1.54, 1.807) is 7.11 Å². The third kappa shape index (κ3) is 3.57. The van der Waals surface area contributed by atoms with Crippen LogP contribution in [0, 0.1) is 0 Å². The van der Waals surface area contributed by atoms with E-state index in [-0.39, 0.29) is 0 Å². The van der Waals surface area contributed by atoms with Gasteiger partial charge in [0, 0.05) is 35.9 Å². The molecule has 1 aliphatic carbocycles. The summed E-state index contributed by atoms with van der Waals surface area (Å²) >= 11 is 0. The van der Waals surface area contributed by atoms with Crippen LogP contribution in [0.4, 0.5) is 5.69 Å². The predicted octanol–water partition coefficient (Wildman–Crippen LogP) is 4.03. The number of aryl methyl sites for hydroxylation is 1. The van der Waals surface area contributed by atoms with Crippen molar-refractivity contribution < 1.29 is 9.47 Å². The number of fused-ring (bicyclic) bond motifs is 2. The molecule has 2 aromatic rings. The fraction of sp³-hybridized carbons (Fsp3) is 0.591. The molecule has 2 heterocycles. The largest absolute Gasteiger partial charge is 0.493 e. The number of likely N-dealkylation sites (tertiary alicyclic amines) is 1. The lowest BCUT2D eigenvalue weighted by atomic mass is 10.1. The molecular formula is C22H31N3O2. The molecule has 1 fully saturated rings. The van der Waals surface area contributed by atoms with Gasteiger partial charge in [-0.1, -0.05) is 0 Å². The first-order valence-corrected chi connectivity index (χ1v) is 10.3. The average molecular weight is 370 g/mol. The standard InChI is InChI=1S/C22H31N3O2/c1-15(25-10-4-5-11-25)9-12-27-21-14-19-17(13-20(21)26-3)22(23-2)16-7-6-8-18(16)24-19/h13-15H,4-12H2,1-3H3,(H,23,24). The SMILES string of the molecule is CNc1c2c(nc3cc(OCCC(C)N4CCCC4)c(OC)cc13)CCC2. The Morgan fingerprint density at radius 3 is 2.70 bits per heavy atom. The molecule has 1 aromatic heterocycles. The second-order valence-corrected chi connectivity index (χ2v) is 7.77. The highest BCUT2D eigenvalue weighted by Crippen LogP contribution is 2.39. The number of hydrogen-bond donors (Lipinski definition) is 1. The van der Waals surface area contributed by atoms with Crippen molar-refractivity contribution in [2.75, 3.05) is 39.2 Å². The molecule has 1 N–H and O–H groups in total. The van der Waals surface area contributed by atoms with Crippen LogP contribution in [0.5, 0.6) is 11.5 Å². The van der Waals surface area contributed by atoms with Gasteiger partial charge in [0.15, 0.2) is 11.5 Å². The molecule has 5 heteroatoms. The Kier molecular flexibility index (Phi) is 5.39. The molecule has 0 saturated carbocycles. The summed E-state index contributed by atoms with van der Waals surface area (Å²) in [6, 6.07) is 4.69. The summed E-state index contributed by atoms with van der Waals surface area (Å²) in [7, 11) is 3.70. The van der Waals surface area contributed by atoms with Crippen LogP contribution in [-0.2, 0) is 12.8 Å². The van der Waals surface area contributed by atoms with E-state index in [0.717, 1.165) is 41.7 Å². The van der Waals surface area contributed by atoms with E-state index in [0.29, 0.717) is 12.6 Å². The minimum atomic E-state index is 0.566. The van der Waals surface area contributed by atoms with E-state index in [9.17, 15) is 0 Å². The fourth-order valence-electron chi connectivity index (χ4n) is 4.53. The third-order valence-corrected chi connectivity index (χ3v) is 6.10. The Bertz CT molecular complexity index is 815. The van der Waals surface area contributed by atoms with Gasteiger partial charge in [-0.2, -0.15) is 0 Å². The molecule has 27 heavy (non-hydrogen) atoms. The summed E-state index contributed by atoms with van der Waals surface area (Å²) in [5.74, 6) is 1.58. The van der Waals surface area contributed by atoms with Crippen molar-refractivity contribution in [2.45, 2.75) is 51.5 Å². The molecular weight excluding hydrogens is 338 g/mol. The second-order valence-electron chi connectivity index (χ2n) is 7.77. The Morgan fingerprint density at radius 1 is 1.15 bits per heavy atom. The van der Waals surface area contributed by atoms with Crippen LogP contribution < -0.4 is 14.8 Å². The van der Waals surface area contributed by atoms with Gasteiger partial charge in [0.05, 0.1) is 19.2 Å². The Labute approximate surface area is 162 Å². The topological polar surface area (TPSA) is 46.6 Å². The van der Waals surface area contributed by atoms with Crippen molar-refractivity contribution in [3.63, 3.8) is 0 Å². The van der Waals surface area contributed by atoms with Crippen molar-refractivity contribution >= 4 is 16.6 Å². The maximum absolute atomic E-state index is 6.15. The lowest BCUT2D eigenvalue weighted by molar-refractivity contribution is 0.202. The van der Waals surface area contributed by atoms with Gasteiger partial charge >= 0.3 is 0 Å². The summed E-state index contributed by atoms with van der Waals surface area (Å²) in [5, 5.41) is 4.51. The van der Waals surface area contributed by atoms with E-state index in [1.165, 1.54) is 49.3 Å². The minimum Gasteiger partial charge on any atom is -0.493 e. The molecule has 146 valence electrons. The highest BCUT2D eigenvalue weighted by Gasteiger charge is 2.21. The van der Waals surface area contributed by atoms with Crippen LogP contribution in [0.25, 0.3) is 10.9 Å². The number of methoxy groups -OCH3 is 1. The monoisotopic (exact) mass is 369 g/mol. The number of rotatable bonds is 7. The van der Waals surface area contributed by atoms with Gasteiger partial charge < -0.3 is 19.7 Å². The number of hydrogen-bond acceptors (Lipinski definition) is 5. The first-order valence-electron chi connectivity index (χ1n) is 10.3. The number of ether oxygens (including phenoxy) is 2. The second kappa shape index (κ2) is 7.93. The lowest BCUT2D eigenvalue weighted by Crippen LogP contribution is -2.31. The highest BCUT2D eigenvalue weighted by molar-refractivity contribution is 5.95. The van der Waals surface area contributed by atoms with Crippen molar-refractivity contribution in [3.8, 4) is 11.5 Å². The number of aromatic nitrogens is 1. The van der Waals surface area contributed by atoms with Crippen molar-refractivity contribution in [2.24, 2.45) is 0 Å². The van der Waals surface area contributed by atoms with E-state index < -0.39 is 0 Å². The number of benzene rings is 1. The van der Waals surface area contributed by atoms with E-state index in [4.69, 9.17) is 14.5 Å². The summed E-state index contributed by atoms with van der Waals surface area (Å²) in [4.78, 5) is 7.48. The number of anilines is 1. The molecule has 0 bridgehead atoms. The Morgan fingerprint density at radius 2 is 1.96 bits per heavy atom. The molecule has 1 saturated heterocycles. The van der Waals surface area contributed by atoms with Gasteiger partial charge in [0.1, 0.15) is 0 Å². The Hall–Kier alpha value is -2.01. The van der Waals surface area contributed by atoms with Crippen LogP contribution in [0.3, 0.4) is 0 Å². The maximum atomic E-state index is 6.15. The molecule has 1 atom stereocenters. The first kappa shape index (κ1) is 18.4. The van der Waals surface area contributed by atoms with Gasteiger partial charge in [-0.3, -0.25) is 4.98 Å². The zero-order chi connectivity index (χ0) is 18.8. The smallest absolute Gasteiger partial charge is 0.163 e. The van der Waals surface area contributed by atoms with Crippen LogP contribution >= 0.6 is 0 Å². The zero-order valence-electron chi connectivity index (χ0n) is 16.8. The van der Waals surface area contributed by atoms with Crippen molar-refractivity contribution in [3.05, 3.63) is 23.4 Å². The van der Waals surface area contributed by atoms with Gasteiger partial charge in [-0.25, -0.2) is 0 Å².